The lowest BCUT2D eigenvalue weighted by atomic mass is 10.1. The van der Waals surface area contributed by atoms with Gasteiger partial charge in [-0.05, 0) is 32.7 Å². The standard InChI is InChI=1S/C11H21NO3/c1-11(7-9-3-2-6-13-9)14-8-10(15-11)4-5-12/h9-10H,2-8,12H2,1H3. The predicted octanol–water partition coefficient (Wildman–Crippen LogP) is 1.04. The van der Waals surface area contributed by atoms with Gasteiger partial charge in [0.1, 0.15) is 0 Å². The van der Waals surface area contributed by atoms with E-state index in [2.05, 4.69) is 0 Å². The van der Waals surface area contributed by atoms with Gasteiger partial charge in [0.15, 0.2) is 5.79 Å². The molecule has 0 aliphatic carbocycles. The first-order chi connectivity index (χ1) is 7.22. The average molecular weight is 215 g/mol. The maximum atomic E-state index is 5.87. The summed E-state index contributed by atoms with van der Waals surface area (Å²) >= 11 is 0. The van der Waals surface area contributed by atoms with E-state index in [0.717, 1.165) is 32.3 Å². The van der Waals surface area contributed by atoms with Gasteiger partial charge in [0.2, 0.25) is 0 Å². The second-order valence-corrected chi connectivity index (χ2v) is 4.60. The highest BCUT2D eigenvalue weighted by atomic mass is 16.7. The highest BCUT2D eigenvalue weighted by molar-refractivity contribution is 4.80. The SMILES string of the molecule is CC1(CC2CCCO2)OCC(CCN)O1. The monoisotopic (exact) mass is 215 g/mol. The van der Waals surface area contributed by atoms with Gasteiger partial charge < -0.3 is 19.9 Å². The van der Waals surface area contributed by atoms with Crippen LogP contribution in [-0.4, -0.2) is 37.8 Å². The molecule has 0 aromatic heterocycles. The van der Waals surface area contributed by atoms with E-state index in [0.29, 0.717) is 19.3 Å². The summed E-state index contributed by atoms with van der Waals surface area (Å²) in [6.07, 6.45) is 4.49. The molecule has 2 aliphatic heterocycles. The van der Waals surface area contributed by atoms with Crippen LogP contribution >= 0.6 is 0 Å². The van der Waals surface area contributed by atoms with Crippen molar-refractivity contribution in [1.82, 2.24) is 0 Å². The van der Waals surface area contributed by atoms with E-state index in [9.17, 15) is 0 Å². The fourth-order valence-electron chi connectivity index (χ4n) is 2.34. The Kier molecular flexibility index (Phi) is 3.61. The molecule has 4 nitrogen and oxygen atoms in total. The molecule has 2 N–H and O–H groups in total. The van der Waals surface area contributed by atoms with Crippen LogP contribution in [0.2, 0.25) is 0 Å². The van der Waals surface area contributed by atoms with E-state index in [1.807, 2.05) is 6.92 Å². The van der Waals surface area contributed by atoms with Crippen LogP contribution in [0.15, 0.2) is 0 Å². The minimum Gasteiger partial charge on any atom is -0.378 e. The van der Waals surface area contributed by atoms with Gasteiger partial charge in [0, 0.05) is 13.0 Å². The molecule has 2 fully saturated rings. The van der Waals surface area contributed by atoms with Crippen LogP contribution in [0.1, 0.15) is 32.6 Å². The summed E-state index contributed by atoms with van der Waals surface area (Å²) in [5, 5.41) is 0. The highest BCUT2D eigenvalue weighted by Crippen LogP contribution is 2.32. The van der Waals surface area contributed by atoms with Gasteiger partial charge in [-0.3, -0.25) is 0 Å². The van der Waals surface area contributed by atoms with Gasteiger partial charge in [-0.1, -0.05) is 0 Å². The first-order valence-corrected chi connectivity index (χ1v) is 5.85. The molecular formula is C11H21NO3. The zero-order chi connectivity index (χ0) is 10.7. The summed E-state index contributed by atoms with van der Waals surface area (Å²) in [6, 6.07) is 0. The second kappa shape index (κ2) is 4.78. The Hall–Kier alpha value is -0.160. The molecule has 0 aromatic carbocycles. The summed E-state index contributed by atoms with van der Waals surface area (Å²) in [7, 11) is 0. The van der Waals surface area contributed by atoms with Gasteiger partial charge in [0.05, 0.1) is 18.8 Å². The van der Waals surface area contributed by atoms with E-state index in [1.54, 1.807) is 0 Å². The Labute approximate surface area is 91.1 Å². The first-order valence-electron chi connectivity index (χ1n) is 5.85. The van der Waals surface area contributed by atoms with E-state index in [1.165, 1.54) is 0 Å². The van der Waals surface area contributed by atoms with Crippen LogP contribution in [0.25, 0.3) is 0 Å². The third kappa shape index (κ3) is 2.91. The molecule has 2 saturated heterocycles. The van der Waals surface area contributed by atoms with Gasteiger partial charge >= 0.3 is 0 Å². The second-order valence-electron chi connectivity index (χ2n) is 4.60. The van der Waals surface area contributed by atoms with E-state index in [4.69, 9.17) is 19.9 Å². The van der Waals surface area contributed by atoms with Crippen LogP contribution in [-0.2, 0) is 14.2 Å². The minimum atomic E-state index is -0.450. The normalized spacial score (nSPS) is 41.2. The van der Waals surface area contributed by atoms with Crippen molar-refractivity contribution in [2.24, 2.45) is 5.73 Å². The fourth-order valence-corrected chi connectivity index (χ4v) is 2.34. The van der Waals surface area contributed by atoms with Gasteiger partial charge in [-0.2, -0.15) is 0 Å². The van der Waals surface area contributed by atoms with Crippen LogP contribution in [0.5, 0.6) is 0 Å². The van der Waals surface area contributed by atoms with E-state index in [-0.39, 0.29) is 6.10 Å². The molecule has 0 amide bonds. The highest BCUT2D eigenvalue weighted by Gasteiger charge is 2.39. The van der Waals surface area contributed by atoms with Crippen molar-refractivity contribution in [3.63, 3.8) is 0 Å². The first kappa shape index (κ1) is 11.3. The van der Waals surface area contributed by atoms with Crippen LogP contribution < -0.4 is 5.73 Å². The lowest BCUT2D eigenvalue weighted by Gasteiger charge is -2.26. The van der Waals surface area contributed by atoms with Crippen molar-refractivity contribution in [1.29, 1.82) is 0 Å². The lowest BCUT2D eigenvalue weighted by molar-refractivity contribution is -0.174. The number of ether oxygens (including phenoxy) is 3. The van der Waals surface area contributed by atoms with Crippen LogP contribution in [0, 0.1) is 0 Å². The molecular weight excluding hydrogens is 194 g/mol. The Morgan fingerprint density at radius 2 is 2.27 bits per heavy atom. The molecule has 3 atom stereocenters. The Balaban J connectivity index is 1.80. The van der Waals surface area contributed by atoms with Crippen LogP contribution in [0.3, 0.4) is 0 Å². The molecule has 0 radical (unpaired) electrons. The van der Waals surface area contributed by atoms with Crippen molar-refractivity contribution in [3.05, 3.63) is 0 Å². The zero-order valence-electron chi connectivity index (χ0n) is 9.41. The maximum absolute atomic E-state index is 5.87. The topological polar surface area (TPSA) is 53.7 Å². The summed E-state index contributed by atoms with van der Waals surface area (Å²) < 4.78 is 17.2. The van der Waals surface area contributed by atoms with Crippen molar-refractivity contribution < 1.29 is 14.2 Å². The molecule has 15 heavy (non-hydrogen) atoms. The summed E-state index contributed by atoms with van der Waals surface area (Å²) in [6.45, 7) is 4.21. The maximum Gasteiger partial charge on any atom is 0.168 e. The Bertz CT molecular complexity index is 206. The molecule has 2 heterocycles. The third-order valence-electron chi connectivity index (χ3n) is 3.10. The van der Waals surface area contributed by atoms with Gasteiger partial charge in [-0.25, -0.2) is 0 Å². The molecule has 0 bridgehead atoms. The quantitative estimate of drug-likeness (QED) is 0.761. The predicted molar refractivity (Wildman–Crippen MR) is 56.5 cm³/mol. The number of hydrogen-bond donors (Lipinski definition) is 1. The molecule has 88 valence electrons. The number of nitrogens with two attached hydrogens (primary N) is 1. The summed E-state index contributed by atoms with van der Waals surface area (Å²) in [5.74, 6) is -0.450. The molecule has 3 unspecified atom stereocenters. The smallest absolute Gasteiger partial charge is 0.168 e. The van der Waals surface area contributed by atoms with Gasteiger partial charge in [-0.15, -0.1) is 0 Å². The molecule has 0 spiro atoms. The van der Waals surface area contributed by atoms with Gasteiger partial charge in [0.25, 0.3) is 0 Å². The molecule has 2 aliphatic rings. The van der Waals surface area contributed by atoms with E-state index < -0.39 is 5.79 Å². The van der Waals surface area contributed by atoms with Crippen molar-refractivity contribution in [2.45, 2.75) is 50.6 Å². The lowest BCUT2D eigenvalue weighted by Crippen LogP contribution is -2.32. The number of rotatable bonds is 4. The largest absolute Gasteiger partial charge is 0.378 e. The molecule has 0 aromatic rings. The summed E-state index contributed by atoms with van der Waals surface area (Å²) in [4.78, 5) is 0. The Morgan fingerprint density at radius 3 is 2.93 bits per heavy atom. The van der Waals surface area contributed by atoms with Crippen LogP contribution in [0.4, 0.5) is 0 Å². The summed E-state index contributed by atoms with van der Waals surface area (Å²) in [5.41, 5.74) is 5.50. The minimum absolute atomic E-state index is 0.168. The van der Waals surface area contributed by atoms with Crippen molar-refractivity contribution in [2.75, 3.05) is 19.8 Å². The molecule has 2 rings (SSSR count). The Morgan fingerprint density at radius 1 is 1.40 bits per heavy atom. The van der Waals surface area contributed by atoms with Crippen molar-refractivity contribution >= 4 is 0 Å². The zero-order valence-corrected chi connectivity index (χ0v) is 9.41. The number of hydrogen-bond acceptors (Lipinski definition) is 4. The van der Waals surface area contributed by atoms with Crippen molar-refractivity contribution in [3.8, 4) is 0 Å². The molecule has 4 heteroatoms. The van der Waals surface area contributed by atoms with E-state index >= 15 is 0 Å². The average Bonchev–Trinajstić information content (AvgIpc) is 2.78. The third-order valence-corrected chi connectivity index (χ3v) is 3.10. The fraction of sp³-hybridized carbons (Fsp3) is 1.00. The molecule has 0 saturated carbocycles.